The van der Waals surface area contributed by atoms with Crippen molar-refractivity contribution in [3.63, 3.8) is 0 Å². The van der Waals surface area contributed by atoms with Crippen LogP contribution in [0.5, 0.6) is 0 Å². The zero-order valence-electron chi connectivity index (χ0n) is 70.0. The molecule has 0 aliphatic heterocycles. The minimum absolute atomic E-state index is 0.633. The Balaban J connectivity index is 0.000000134. The molecule has 0 saturated carbocycles. The molecule has 0 radical (unpaired) electrons. The van der Waals surface area contributed by atoms with Gasteiger partial charge in [-0.25, -0.2) is 19.9 Å². The summed E-state index contributed by atoms with van der Waals surface area (Å²) >= 11 is 1.86. The zero-order valence-corrected chi connectivity index (χ0v) is 70.8. The first-order chi connectivity index (χ1) is 64.4. The first-order valence-electron chi connectivity index (χ1n) is 44.1. The van der Waals surface area contributed by atoms with Crippen LogP contribution in [0.15, 0.2) is 441 Å². The summed E-state index contributed by atoms with van der Waals surface area (Å²) in [5, 5.41) is 23.7. The highest BCUT2D eigenvalue weighted by atomic mass is 32.1. The molecule has 9 nitrogen and oxygen atoms in total. The van der Waals surface area contributed by atoms with Gasteiger partial charge in [0.15, 0.2) is 0 Å². The number of fused-ring (bicyclic) bond motifs is 22. The lowest BCUT2D eigenvalue weighted by atomic mass is 9.99. The molecule has 28 rings (SSSR count). The molecule has 0 unspecified atom stereocenters. The largest absolute Gasteiger partial charge is 0.456 e. The quantitative estimate of drug-likeness (QED) is 0.136. The normalized spacial score (nSPS) is 12.0. The number of aromatic nitrogens is 8. The monoisotopic (exact) mass is 1670 g/mol. The third kappa shape index (κ3) is 11.6. The van der Waals surface area contributed by atoms with Crippen LogP contribution in [0, 0.1) is 0 Å². The van der Waals surface area contributed by atoms with Gasteiger partial charge < -0.3 is 13.6 Å². The average Bonchev–Trinajstić information content (AvgIpc) is 1.55. The lowest BCUT2D eigenvalue weighted by molar-refractivity contribution is 0.669. The van der Waals surface area contributed by atoms with Crippen LogP contribution in [0.1, 0.15) is 0 Å². The van der Waals surface area contributed by atoms with E-state index >= 15 is 0 Å². The predicted octanol–water partition coefficient (Wildman–Crippen LogP) is 32.2. The van der Waals surface area contributed by atoms with Crippen molar-refractivity contribution in [1.82, 2.24) is 38.2 Å². The van der Waals surface area contributed by atoms with Crippen LogP contribution in [-0.4, -0.2) is 38.2 Å². The van der Waals surface area contributed by atoms with Gasteiger partial charge in [0.05, 0.1) is 66.9 Å². The molecule has 10 heteroatoms. The fraction of sp³-hybridized carbons (Fsp3) is 0. The molecule has 604 valence electrons. The number of rotatable bonds is 10. The molecule has 0 aliphatic rings. The molecule has 8 heterocycles. The highest BCUT2D eigenvalue weighted by Gasteiger charge is 2.25. The highest BCUT2D eigenvalue weighted by molar-refractivity contribution is 7.25. The summed E-state index contributed by atoms with van der Waals surface area (Å²) < 4.78 is 18.1. The van der Waals surface area contributed by atoms with E-state index in [4.69, 9.17) is 24.4 Å². The van der Waals surface area contributed by atoms with E-state index in [-0.39, 0.29) is 0 Å². The zero-order chi connectivity index (χ0) is 85.2. The summed E-state index contributed by atoms with van der Waals surface area (Å²) in [6.07, 6.45) is 0. The summed E-state index contributed by atoms with van der Waals surface area (Å²) in [7, 11) is 0. The van der Waals surface area contributed by atoms with Crippen molar-refractivity contribution < 1.29 is 4.42 Å². The Kier molecular flexibility index (Phi) is 16.4. The third-order valence-electron chi connectivity index (χ3n) is 26.7. The smallest absolute Gasteiger partial charge is 0.235 e. The number of hydrogen-bond acceptors (Lipinski definition) is 6. The van der Waals surface area contributed by atoms with Crippen molar-refractivity contribution in [2.24, 2.45) is 0 Å². The Morgan fingerprint density at radius 2 is 0.462 bits per heavy atom. The second kappa shape index (κ2) is 29.2. The summed E-state index contributed by atoms with van der Waals surface area (Å²) in [6.45, 7) is 0. The minimum Gasteiger partial charge on any atom is -0.456 e. The van der Waals surface area contributed by atoms with Crippen molar-refractivity contribution in [2.75, 3.05) is 0 Å². The van der Waals surface area contributed by atoms with Crippen molar-refractivity contribution in [2.45, 2.75) is 0 Å². The Morgan fingerprint density at radius 3 is 0.862 bits per heavy atom. The minimum atomic E-state index is 0.633. The van der Waals surface area contributed by atoms with Crippen LogP contribution >= 0.6 is 11.3 Å². The molecule has 0 N–H and O–H groups in total. The Bertz CT molecular complexity index is 8860. The van der Waals surface area contributed by atoms with Gasteiger partial charge in [-0.3, -0.25) is 9.13 Å². The lowest BCUT2D eigenvalue weighted by Gasteiger charge is -2.14. The van der Waals surface area contributed by atoms with Gasteiger partial charge in [-0.2, -0.15) is 0 Å². The van der Waals surface area contributed by atoms with Gasteiger partial charge in [0.25, 0.3) is 0 Å². The number of furan rings is 1. The predicted molar refractivity (Wildman–Crippen MR) is 544 cm³/mol. The Hall–Kier alpha value is -17.2. The third-order valence-corrected chi connectivity index (χ3v) is 27.8. The van der Waals surface area contributed by atoms with Crippen LogP contribution < -0.4 is 0 Å². The highest BCUT2D eigenvalue weighted by Crippen LogP contribution is 2.46. The molecule has 0 saturated heterocycles. The summed E-state index contributed by atoms with van der Waals surface area (Å²) in [6, 6.07) is 157. The van der Waals surface area contributed by atoms with E-state index in [1.165, 1.54) is 91.1 Å². The van der Waals surface area contributed by atoms with Gasteiger partial charge in [-0.05, 0) is 199 Å². The van der Waals surface area contributed by atoms with Gasteiger partial charge in [0, 0.05) is 108 Å². The molecule has 8 aromatic heterocycles. The molecule has 0 aliphatic carbocycles. The maximum Gasteiger partial charge on any atom is 0.235 e. The van der Waals surface area contributed by atoms with Crippen molar-refractivity contribution >= 4 is 184 Å². The van der Waals surface area contributed by atoms with E-state index < -0.39 is 0 Å². The van der Waals surface area contributed by atoms with Crippen LogP contribution in [-0.2, 0) is 0 Å². The van der Waals surface area contributed by atoms with E-state index in [1.807, 2.05) is 23.5 Å². The first kappa shape index (κ1) is 73.2. The molecule has 28 aromatic rings. The number of para-hydroxylation sites is 5. The second-order valence-corrected chi connectivity index (χ2v) is 35.0. The van der Waals surface area contributed by atoms with Crippen LogP contribution in [0.25, 0.3) is 263 Å². The van der Waals surface area contributed by atoms with E-state index in [0.717, 1.165) is 160 Å². The van der Waals surface area contributed by atoms with Gasteiger partial charge in [-0.1, -0.05) is 303 Å². The fourth-order valence-electron chi connectivity index (χ4n) is 20.7. The summed E-state index contributed by atoms with van der Waals surface area (Å²) in [5.74, 6) is 1.27. The Labute approximate surface area is 748 Å². The van der Waals surface area contributed by atoms with Crippen molar-refractivity contribution in [1.29, 1.82) is 0 Å². The summed E-state index contributed by atoms with van der Waals surface area (Å²) in [5.41, 5.74) is 25.5. The topological polar surface area (TPSA) is 84.4 Å². The lowest BCUT2D eigenvalue weighted by Crippen LogP contribution is -2.04. The van der Waals surface area contributed by atoms with Gasteiger partial charge >= 0.3 is 0 Å². The maximum atomic E-state index is 6.21. The van der Waals surface area contributed by atoms with Crippen LogP contribution in [0.3, 0.4) is 0 Å². The van der Waals surface area contributed by atoms with Gasteiger partial charge in [0.2, 0.25) is 11.9 Å². The molecule has 0 fully saturated rings. The van der Waals surface area contributed by atoms with E-state index in [2.05, 4.69) is 443 Å². The van der Waals surface area contributed by atoms with Gasteiger partial charge in [-0.15, -0.1) is 11.3 Å². The first-order valence-corrected chi connectivity index (χ1v) is 44.9. The SMILES string of the molecule is c1ccc2c(-c3cc(-c4cccc5ccccc45)nc(-n4c5ccccc5c5cc(-c6ccc7c(c6)c6ccccc6n7-c6ccc7oc8ccccc8c7c6)ccc54)n3)cccc2c1.c1ccc2c(-c3cc(-c4cccc5ccccc45)nc(-n4c5ccccc5c5cc(-c6ccc7c(c6)c6ccccc6n7-c6ccc7sc8ccccc8c7c6)ccc54)n3)cccc2c1. The number of hydrogen-bond donors (Lipinski definition) is 0. The molecule has 0 bridgehead atoms. The molecular weight excluding hydrogens is 1600 g/mol. The van der Waals surface area contributed by atoms with Crippen LogP contribution in [0.4, 0.5) is 0 Å². The van der Waals surface area contributed by atoms with Crippen LogP contribution in [0.2, 0.25) is 0 Å². The molecule has 0 atom stereocenters. The van der Waals surface area contributed by atoms with E-state index in [0.29, 0.717) is 11.9 Å². The van der Waals surface area contributed by atoms with Crippen molar-refractivity contribution in [3.8, 4) is 90.6 Å². The number of nitrogens with zero attached hydrogens (tertiary/aromatic N) is 8. The molecular formula is C120H72N8OS. The maximum absolute atomic E-state index is 6.21. The molecule has 0 spiro atoms. The summed E-state index contributed by atoms with van der Waals surface area (Å²) in [4.78, 5) is 21.8. The number of benzene rings is 20. The fourth-order valence-corrected chi connectivity index (χ4v) is 21.8. The standard InChI is InChI=1S/C60H36N4O.C60H36N4S/c2*1-3-17-42-37(13-1)15-11-22-44(42)52-36-53(45-23-12-16-38-14-2-4-18-43(38)45)62-60(61-52)64-55-25-9-6-20-47(55)50-34-40(28-31-57(50)64)39-27-30-56-49(33-39)46-19-5-8-24-54(46)63(56)41-29-32-59-51(35-41)48-21-7-10-26-58(48)65-59/h2*1-36H. The average molecular weight is 1670 g/mol. The molecule has 130 heavy (non-hydrogen) atoms. The second-order valence-electron chi connectivity index (χ2n) is 33.9. The van der Waals surface area contributed by atoms with Gasteiger partial charge in [0.1, 0.15) is 11.2 Å². The molecule has 20 aromatic carbocycles. The van der Waals surface area contributed by atoms with E-state index in [9.17, 15) is 0 Å². The van der Waals surface area contributed by atoms with Crippen molar-refractivity contribution in [3.05, 3.63) is 437 Å². The van der Waals surface area contributed by atoms with E-state index in [1.54, 1.807) is 0 Å². The Morgan fingerprint density at radius 1 is 0.177 bits per heavy atom. The molecule has 0 amide bonds. The number of thiophene rings is 1.